The van der Waals surface area contributed by atoms with Gasteiger partial charge in [0, 0.05) is 12.3 Å². The summed E-state index contributed by atoms with van der Waals surface area (Å²) in [5, 5.41) is -0.376. The predicted molar refractivity (Wildman–Crippen MR) is 91.7 cm³/mol. The number of benzene rings is 1. The van der Waals surface area contributed by atoms with Crippen LogP contribution in [0.15, 0.2) is 39.7 Å². The molecule has 0 fully saturated rings. The summed E-state index contributed by atoms with van der Waals surface area (Å²) in [5.41, 5.74) is -0.774. The second kappa shape index (κ2) is 7.19. The molecule has 0 aliphatic rings. The van der Waals surface area contributed by atoms with Crippen LogP contribution in [-0.2, 0) is 15.7 Å². The van der Waals surface area contributed by atoms with Gasteiger partial charge in [0.1, 0.15) is 5.75 Å². The third-order valence-electron chi connectivity index (χ3n) is 3.76. The Morgan fingerprint density at radius 3 is 2.64 bits per heavy atom. The number of pyridine rings is 1. The molecule has 1 atom stereocenters. The van der Waals surface area contributed by atoms with Crippen molar-refractivity contribution in [1.82, 2.24) is 9.55 Å². The third kappa shape index (κ3) is 3.68. The number of ether oxygens (including phenoxy) is 2. The number of esters is 1. The number of methoxy groups -OCH3 is 1. The van der Waals surface area contributed by atoms with Crippen LogP contribution in [0.2, 0.25) is 5.02 Å². The van der Waals surface area contributed by atoms with Crippen molar-refractivity contribution < 1.29 is 31.9 Å². The summed E-state index contributed by atoms with van der Waals surface area (Å²) in [6.07, 6.45) is -4.95. The lowest BCUT2D eigenvalue weighted by molar-refractivity contribution is -0.148. The minimum atomic E-state index is -4.62. The molecule has 0 saturated heterocycles. The second-order valence-electron chi connectivity index (χ2n) is 5.64. The average molecular weight is 417 g/mol. The number of carbonyl (C=O) groups is 1. The number of aromatic nitrogens is 2. The fourth-order valence-electron chi connectivity index (χ4n) is 2.44. The first-order chi connectivity index (χ1) is 13.1. The average Bonchev–Trinajstić information content (AvgIpc) is 2.95. The Morgan fingerprint density at radius 2 is 2.04 bits per heavy atom. The molecule has 0 N–H and O–H groups in total. The number of hydrogen-bond donors (Lipinski definition) is 0. The zero-order valence-electron chi connectivity index (χ0n) is 14.4. The number of rotatable bonds is 4. The SMILES string of the molecule is COC(=O)C(C)Oc1ccc2c(c1)oc(=O)n2-c1ncc(C(F)(F)F)cc1Cl. The van der Waals surface area contributed by atoms with Crippen LogP contribution in [0.25, 0.3) is 16.9 Å². The largest absolute Gasteiger partial charge is 0.479 e. The second-order valence-corrected chi connectivity index (χ2v) is 6.05. The van der Waals surface area contributed by atoms with E-state index in [-0.39, 0.29) is 27.7 Å². The minimum absolute atomic E-state index is 0.0670. The van der Waals surface area contributed by atoms with Gasteiger partial charge in [0.2, 0.25) is 0 Å². The van der Waals surface area contributed by atoms with Gasteiger partial charge in [0.05, 0.1) is 23.2 Å². The van der Waals surface area contributed by atoms with Gasteiger partial charge in [0.25, 0.3) is 0 Å². The summed E-state index contributed by atoms with van der Waals surface area (Å²) >= 11 is 5.91. The standard InChI is InChI=1S/C17H12ClF3N2O5/c1-8(15(24)26-2)27-10-3-4-12-13(6-10)28-16(25)23(12)14-11(18)5-9(7-22-14)17(19,20)21/h3-8H,1-2H3. The zero-order valence-corrected chi connectivity index (χ0v) is 15.2. The van der Waals surface area contributed by atoms with E-state index in [0.717, 1.165) is 4.57 Å². The van der Waals surface area contributed by atoms with E-state index in [1.165, 1.54) is 32.2 Å². The summed E-state index contributed by atoms with van der Waals surface area (Å²) in [6.45, 7) is 1.48. The Hall–Kier alpha value is -3.01. The highest BCUT2D eigenvalue weighted by atomic mass is 35.5. The highest BCUT2D eigenvalue weighted by molar-refractivity contribution is 6.32. The van der Waals surface area contributed by atoms with E-state index >= 15 is 0 Å². The van der Waals surface area contributed by atoms with Gasteiger partial charge in [-0.1, -0.05) is 11.6 Å². The van der Waals surface area contributed by atoms with Crippen molar-refractivity contribution >= 4 is 28.7 Å². The summed E-state index contributed by atoms with van der Waals surface area (Å²) in [4.78, 5) is 27.3. The number of hydrogen-bond acceptors (Lipinski definition) is 6. The van der Waals surface area contributed by atoms with Crippen LogP contribution in [0, 0.1) is 0 Å². The van der Waals surface area contributed by atoms with Gasteiger partial charge in [-0.25, -0.2) is 19.1 Å². The maximum absolute atomic E-state index is 12.8. The molecule has 1 unspecified atom stereocenters. The van der Waals surface area contributed by atoms with Gasteiger partial charge in [0.15, 0.2) is 17.5 Å². The molecule has 2 heterocycles. The number of oxazole rings is 1. The van der Waals surface area contributed by atoms with Crippen LogP contribution in [0.3, 0.4) is 0 Å². The lowest BCUT2D eigenvalue weighted by Crippen LogP contribution is -2.24. The van der Waals surface area contributed by atoms with E-state index < -0.39 is 29.6 Å². The number of fused-ring (bicyclic) bond motifs is 1. The van der Waals surface area contributed by atoms with Crippen LogP contribution in [0.1, 0.15) is 12.5 Å². The smallest absolute Gasteiger partial charge is 0.425 e. The van der Waals surface area contributed by atoms with Crippen molar-refractivity contribution in [2.75, 3.05) is 7.11 Å². The maximum Gasteiger partial charge on any atom is 0.425 e. The van der Waals surface area contributed by atoms with Crippen molar-refractivity contribution in [2.45, 2.75) is 19.2 Å². The number of nitrogens with zero attached hydrogens (tertiary/aromatic N) is 2. The van der Waals surface area contributed by atoms with Crippen LogP contribution in [0.5, 0.6) is 5.75 Å². The maximum atomic E-state index is 12.8. The molecule has 2 aromatic heterocycles. The lowest BCUT2D eigenvalue weighted by Gasteiger charge is -2.12. The van der Waals surface area contributed by atoms with E-state index in [9.17, 15) is 22.8 Å². The fraction of sp³-hybridized carbons (Fsp3) is 0.235. The molecular formula is C17H12ClF3N2O5. The molecular weight excluding hydrogens is 405 g/mol. The van der Waals surface area contributed by atoms with Crippen molar-refractivity contribution in [3.05, 3.63) is 51.6 Å². The normalized spacial score (nSPS) is 12.8. The molecule has 0 radical (unpaired) electrons. The monoisotopic (exact) mass is 416 g/mol. The topological polar surface area (TPSA) is 83.6 Å². The lowest BCUT2D eigenvalue weighted by atomic mass is 10.2. The Morgan fingerprint density at radius 1 is 1.32 bits per heavy atom. The minimum Gasteiger partial charge on any atom is -0.479 e. The van der Waals surface area contributed by atoms with Crippen molar-refractivity contribution in [2.24, 2.45) is 0 Å². The molecule has 11 heteroatoms. The molecule has 28 heavy (non-hydrogen) atoms. The molecule has 3 aromatic rings. The zero-order chi connectivity index (χ0) is 20.6. The molecule has 0 amide bonds. The summed E-state index contributed by atoms with van der Waals surface area (Å²) < 4.78 is 54.3. The molecule has 0 spiro atoms. The van der Waals surface area contributed by atoms with Gasteiger partial charge >= 0.3 is 17.9 Å². The summed E-state index contributed by atoms with van der Waals surface area (Å²) in [6, 6.07) is 4.90. The first-order valence-corrected chi connectivity index (χ1v) is 8.13. The number of alkyl halides is 3. The quantitative estimate of drug-likeness (QED) is 0.604. The first-order valence-electron chi connectivity index (χ1n) is 7.75. The van der Waals surface area contributed by atoms with E-state index in [2.05, 4.69) is 9.72 Å². The highest BCUT2D eigenvalue weighted by Crippen LogP contribution is 2.32. The first kappa shape index (κ1) is 19.7. The van der Waals surface area contributed by atoms with Crippen LogP contribution >= 0.6 is 11.6 Å². The van der Waals surface area contributed by atoms with E-state index in [4.69, 9.17) is 20.8 Å². The van der Waals surface area contributed by atoms with Crippen molar-refractivity contribution in [3.8, 4) is 11.6 Å². The number of carbonyl (C=O) groups excluding carboxylic acids is 1. The van der Waals surface area contributed by atoms with E-state index in [1.54, 1.807) is 0 Å². The summed E-state index contributed by atoms with van der Waals surface area (Å²) in [7, 11) is 1.21. The highest BCUT2D eigenvalue weighted by Gasteiger charge is 2.32. The van der Waals surface area contributed by atoms with E-state index in [1.807, 2.05) is 0 Å². The predicted octanol–water partition coefficient (Wildman–Crippen LogP) is 3.59. The third-order valence-corrected chi connectivity index (χ3v) is 4.04. The van der Waals surface area contributed by atoms with Crippen LogP contribution < -0.4 is 10.5 Å². The van der Waals surface area contributed by atoms with Gasteiger partial charge in [-0.15, -0.1) is 0 Å². The van der Waals surface area contributed by atoms with E-state index in [0.29, 0.717) is 12.3 Å². The molecule has 1 aromatic carbocycles. The van der Waals surface area contributed by atoms with Crippen molar-refractivity contribution in [1.29, 1.82) is 0 Å². The number of halogens is 4. The Labute approximate surface area is 160 Å². The van der Waals surface area contributed by atoms with Gasteiger partial charge in [-0.05, 0) is 25.1 Å². The summed E-state index contributed by atoms with van der Waals surface area (Å²) in [5.74, 6) is -1.49. The molecule has 148 valence electrons. The molecule has 0 bridgehead atoms. The molecule has 0 aliphatic heterocycles. The Bertz CT molecular complexity index is 1110. The van der Waals surface area contributed by atoms with Crippen molar-refractivity contribution in [3.63, 3.8) is 0 Å². The van der Waals surface area contributed by atoms with Gasteiger partial charge in [-0.3, -0.25) is 0 Å². The molecule has 0 saturated carbocycles. The molecule has 7 nitrogen and oxygen atoms in total. The van der Waals surface area contributed by atoms with Crippen LogP contribution in [0.4, 0.5) is 13.2 Å². The van der Waals surface area contributed by atoms with Crippen LogP contribution in [-0.4, -0.2) is 28.7 Å². The van der Waals surface area contributed by atoms with Gasteiger partial charge < -0.3 is 13.9 Å². The Kier molecular flexibility index (Phi) is 5.07. The molecule has 3 rings (SSSR count). The fourth-order valence-corrected chi connectivity index (χ4v) is 2.69. The molecule has 0 aliphatic carbocycles. The Balaban J connectivity index is 2.03. The van der Waals surface area contributed by atoms with Gasteiger partial charge in [-0.2, -0.15) is 13.2 Å².